The third-order valence-electron chi connectivity index (χ3n) is 8.22. The number of hydrogen-bond acceptors (Lipinski definition) is 8. The fourth-order valence-corrected chi connectivity index (χ4v) is 7.33. The van der Waals surface area contributed by atoms with Crippen LogP contribution in [-0.2, 0) is 23.9 Å². The van der Waals surface area contributed by atoms with Gasteiger partial charge >= 0.3 is 6.03 Å². The molecule has 0 bridgehead atoms. The Morgan fingerprint density at radius 2 is 1.46 bits per heavy atom. The zero-order chi connectivity index (χ0) is 34.8. The Bertz CT molecular complexity index is 915. The lowest BCUT2D eigenvalue weighted by Crippen LogP contribution is -2.36. The van der Waals surface area contributed by atoms with E-state index in [2.05, 4.69) is 57.1 Å². The number of hydrogen-bond donors (Lipinski definition) is 5. The molecule has 2 aliphatic heterocycles. The summed E-state index contributed by atoms with van der Waals surface area (Å²) in [5.41, 5.74) is 0. The normalized spacial score (nSPS) is 18.5. The largest absolute Gasteiger partial charge is 0.432 e. The molecule has 5 amide bonds. The van der Waals surface area contributed by atoms with Gasteiger partial charge in [0.25, 0.3) is 0 Å². The number of rotatable bonds is 30. The topological polar surface area (TPSA) is 163 Å². The molecule has 0 aliphatic carbocycles. The Kier molecular flexibility index (Phi) is 23.4. The van der Waals surface area contributed by atoms with Gasteiger partial charge in [-0.2, -0.15) is 11.8 Å². The Hall–Kier alpha value is -2.13. The molecule has 2 rings (SSSR count). The minimum absolute atomic E-state index is 0.0134. The fourth-order valence-electron chi connectivity index (χ4n) is 5.78. The summed E-state index contributed by atoms with van der Waals surface area (Å²) in [4.78, 5) is 49.8. The van der Waals surface area contributed by atoms with Crippen LogP contribution < -0.4 is 26.6 Å². The van der Waals surface area contributed by atoms with Crippen molar-refractivity contribution in [2.75, 3.05) is 85.2 Å². The highest BCUT2D eigenvalue weighted by molar-refractivity contribution is 8.00. The predicted octanol–water partition coefficient (Wildman–Crippen LogP) is 1.94. The highest BCUT2D eigenvalue weighted by Crippen LogP contribution is 2.33. The third-order valence-corrected chi connectivity index (χ3v) is 9.73. The fraction of sp³-hybridized carbons (Fsp3) is 0.882. The first-order chi connectivity index (χ1) is 23.2. The summed E-state index contributed by atoms with van der Waals surface area (Å²) < 4.78 is 15.5. The van der Waals surface area contributed by atoms with Gasteiger partial charge in [-0.05, 0) is 58.0 Å². The molecule has 14 heteroatoms. The van der Waals surface area contributed by atoms with Gasteiger partial charge in [-0.25, -0.2) is 4.79 Å². The van der Waals surface area contributed by atoms with Gasteiger partial charge in [0.1, 0.15) is 13.2 Å². The lowest BCUT2D eigenvalue weighted by atomic mass is 10.0. The van der Waals surface area contributed by atoms with Gasteiger partial charge in [-0.1, -0.05) is 20.3 Å². The number of ether oxygens (including phenoxy) is 3. The Balaban J connectivity index is 1.24. The van der Waals surface area contributed by atoms with Crippen LogP contribution in [0.5, 0.6) is 0 Å². The molecule has 2 aliphatic rings. The monoisotopic (exact) mass is 701 g/mol. The van der Waals surface area contributed by atoms with E-state index in [9.17, 15) is 19.2 Å². The molecule has 0 radical (unpaired) electrons. The quantitative estimate of drug-likeness (QED) is 0.0431. The molecule has 48 heavy (non-hydrogen) atoms. The van der Waals surface area contributed by atoms with Gasteiger partial charge in [-0.15, -0.1) is 0 Å². The van der Waals surface area contributed by atoms with E-state index in [4.69, 9.17) is 9.47 Å². The molecule has 2 fully saturated rings. The van der Waals surface area contributed by atoms with E-state index in [1.165, 1.54) is 0 Å². The summed E-state index contributed by atoms with van der Waals surface area (Å²) in [7, 11) is 2.13. The minimum atomic E-state index is -0.0553. The van der Waals surface area contributed by atoms with E-state index >= 15 is 0 Å². The van der Waals surface area contributed by atoms with Gasteiger partial charge in [0.15, 0.2) is 6.61 Å². The van der Waals surface area contributed by atoms with Crippen LogP contribution in [0.1, 0.15) is 84.5 Å². The van der Waals surface area contributed by atoms with Crippen molar-refractivity contribution in [3.8, 4) is 0 Å². The van der Waals surface area contributed by atoms with Gasteiger partial charge < -0.3 is 45.7 Å². The molecule has 13 nitrogen and oxygen atoms in total. The summed E-state index contributed by atoms with van der Waals surface area (Å²) in [6, 6.07) is 0.427. The summed E-state index contributed by atoms with van der Waals surface area (Å²) in [5, 5.41) is 15.2. The van der Waals surface area contributed by atoms with Crippen molar-refractivity contribution in [3.05, 3.63) is 0 Å². The van der Waals surface area contributed by atoms with Crippen LogP contribution in [0.3, 0.4) is 0 Å². The van der Waals surface area contributed by atoms with Crippen molar-refractivity contribution in [2.45, 2.75) is 102 Å². The molecular weight excluding hydrogens is 636 g/mol. The lowest BCUT2D eigenvalue weighted by Gasteiger charge is -2.18. The smallest absolute Gasteiger partial charge is 0.315 e. The van der Waals surface area contributed by atoms with Gasteiger partial charge in [0.2, 0.25) is 17.7 Å². The highest BCUT2D eigenvalue weighted by atomic mass is 32.2. The third kappa shape index (κ3) is 21.1. The summed E-state index contributed by atoms with van der Waals surface area (Å²) in [6.07, 6.45) is 8.27. The number of amides is 5. The van der Waals surface area contributed by atoms with Crippen molar-refractivity contribution in [1.82, 2.24) is 31.5 Å². The average molecular weight is 702 g/mol. The Morgan fingerprint density at radius 1 is 0.812 bits per heavy atom. The first-order valence-electron chi connectivity index (χ1n) is 18.2. The van der Waals surface area contributed by atoms with Crippen molar-refractivity contribution >= 4 is 35.5 Å². The van der Waals surface area contributed by atoms with Gasteiger partial charge in [0, 0.05) is 69.5 Å². The van der Waals surface area contributed by atoms with E-state index in [0.29, 0.717) is 96.1 Å². The number of fused-ring (bicyclic) bond motifs is 1. The number of carbonyl (C=O) groups is 4. The Morgan fingerprint density at radius 3 is 2.17 bits per heavy atom. The van der Waals surface area contributed by atoms with Crippen molar-refractivity contribution in [2.24, 2.45) is 5.92 Å². The van der Waals surface area contributed by atoms with E-state index in [1.807, 2.05) is 11.8 Å². The zero-order valence-corrected chi connectivity index (χ0v) is 30.6. The van der Waals surface area contributed by atoms with Crippen molar-refractivity contribution < 1.29 is 33.4 Å². The van der Waals surface area contributed by atoms with E-state index in [0.717, 1.165) is 63.8 Å². The SMILES string of the molecule is CC(C)CN(C)CCCCNC(=O)CCCC(=O)NCCCOCCOCC[OH+]CCCNC(=O)CCCC[C@@H]1SC[C@@H]2NC(=O)N[C@@H]21. The molecule has 0 saturated carbocycles. The van der Waals surface area contributed by atoms with Crippen molar-refractivity contribution in [1.29, 1.82) is 0 Å². The van der Waals surface area contributed by atoms with Gasteiger partial charge in [-0.3, -0.25) is 14.4 Å². The summed E-state index contributed by atoms with van der Waals surface area (Å²) in [5.74, 6) is 1.70. The van der Waals surface area contributed by atoms with E-state index in [-0.39, 0.29) is 35.8 Å². The van der Waals surface area contributed by atoms with Crippen LogP contribution in [0.4, 0.5) is 4.79 Å². The van der Waals surface area contributed by atoms with E-state index < -0.39 is 0 Å². The maximum atomic E-state index is 12.1. The predicted molar refractivity (Wildman–Crippen MR) is 191 cm³/mol. The molecule has 6 N–H and O–H groups in total. The molecule has 2 saturated heterocycles. The maximum absolute atomic E-state index is 12.1. The summed E-state index contributed by atoms with van der Waals surface area (Å²) >= 11 is 1.91. The Labute approximate surface area is 292 Å². The zero-order valence-electron chi connectivity index (χ0n) is 29.8. The number of thioether (sulfide) groups is 1. The number of nitrogens with zero attached hydrogens (tertiary/aromatic N) is 1. The molecule has 0 spiro atoms. The molecule has 0 aromatic rings. The number of unbranched alkanes of at least 4 members (excludes halogenated alkanes) is 2. The second-order valence-corrected chi connectivity index (χ2v) is 14.5. The van der Waals surface area contributed by atoms with Crippen LogP contribution in [0.2, 0.25) is 0 Å². The van der Waals surface area contributed by atoms with E-state index in [1.54, 1.807) is 0 Å². The second-order valence-electron chi connectivity index (χ2n) is 13.2. The summed E-state index contributed by atoms with van der Waals surface area (Å²) in [6.45, 7) is 11.8. The molecule has 278 valence electrons. The van der Waals surface area contributed by atoms with Crippen molar-refractivity contribution in [3.63, 3.8) is 0 Å². The highest BCUT2D eigenvalue weighted by Gasteiger charge is 2.42. The molecule has 0 aromatic heterocycles. The molecule has 2 heterocycles. The van der Waals surface area contributed by atoms with Crippen LogP contribution in [-0.4, -0.2) is 136 Å². The number of aliphatic hydroxyl groups is 2. The molecule has 0 unspecified atom stereocenters. The first kappa shape index (κ1) is 42.0. The lowest BCUT2D eigenvalue weighted by molar-refractivity contribution is -0.123. The second kappa shape index (κ2) is 26.7. The standard InChI is InChI=1S/C34H64N6O7S/c1-27(2)25-40(3)18-7-6-15-35-31(42)13-8-14-32(43)37-17-10-20-46-22-24-47-23-21-45-19-9-16-36-30(41)12-5-4-11-29-33-28(26-48-29)38-34(44)39-33/h27-29,33H,4-26H2,1-3H3,(H,35,42)(H,36,41)(H,37,43)(H2,38,39,44)/p+1/t28-,29-,33-/m0/s1. The minimum Gasteiger partial charge on any atom is -0.432 e. The van der Waals surface area contributed by atoms with Crippen LogP contribution in [0.15, 0.2) is 0 Å². The molecule has 0 aromatic carbocycles. The maximum Gasteiger partial charge on any atom is 0.315 e. The number of nitrogens with one attached hydrogen (secondary N) is 5. The number of carbonyl (C=O) groups excluding carboxylic acids is 4. The van der Waals surface area contributed by atoms with Crippen LogP contribution in [0, 0.1) is 5.92 Å². The molecular formula is C34H65N6O7S+. The molecule has 3 atom stereocenters. The number of urea groups is 1. The van der Waals surface area contributed by atoms with Gasteiger partial charge in [0.05, 0.1) is 25.3 Å². The average Bonchev–Trinajstić information content (AvgIpc) is 3.59. The van der Waals surface area contributed by atoms with Crippen LogP contribution in [0.25, 0.3) is 0 Å². The van der Waals surface area contributed by atoms with Crippen LogP contribution >= 0.6 is 11.8 Å². The first-order valence-corrected chi connectivity index (χ1v) is 19.3.